The Kier molecular flexibility index (Phi) is 7.12. The molecular weight excluding hydrogens is 294 g/mol. The highest BCUT2D eigenvalue weighted by atomic mass is 32.1. The smallest absolute Gasteiger partial charge is 0.191 e. The van der Waals surface area contributed by atoms with Crippen LogP contribution in [-0.4, -0.2) is 55.1 Å². The van der Waals surface area contributed by atoms with Gasteiger partial charge in [-0.25, -0.2) is 4.98 Å². The Hall–Kier alpha value is -1.14. The lowest BCUT2D eigenvalue weighted by Gasteiger charge is -2.13. The van der Waals surface area contributed by atoms with Gasteiger partial charge in [-0.05, 0) is 39.3 Å². The average molecular weight is 324 g/mol. The molecule has 1 aromatic heterocycles. The number of aryl methyl sites for hydroxylation is 1. The third kappa shape index (κ3) is 5.57. The first kappa shape index (κ1) is 17.2. The maximum atomic E-state index is 4.75. The van der Waals surface area contributed by atoms with Crippen LogP contribution in [0.1, 0.15) is 30.2 Å². The fourth-order valence-electron chi connectivity index (χ4n) is 2.72. The molecule has 0 saturated carbocycles. The molecule has 22 heavy (non-hydrogen) atoms. The van der Waals surface area contributed by atoms with Crippen LogP contribution >= 0.6 is 11.3 Å². The van der Waals surface area contributed by atoms with Crippen molar-refractivity contribution >= 4 is 17.3 Å². The Bertz CT molecular complexity index is 471. The number of aromatic nitrogens is 1. The predicted octanol–water partition coefficient (Wildman–Crippen LogP) is 1.89. The number of likely N-dealkylation sites (tertiary alicyclic amines) is 1. The van der Waals surface area contributed by atoms with Gasteiger partial charge in [-0.1, -0.05) is 6.92 Å². The summed E-state index contributed by atoms with van der Waals surface area (Å²) in [5.41, 5.74) is 0. The molecule has 1 saturated heterocycles. The summed E-state index contributed by atoms with van der Waals surface area (Å²) in [7, 11) is 0. The van der Waals surface area contributed by atoms with Gasteiger partial charge in [-0.3, -0.25) is 4.99 Å². The quantitative estimate of drug-likeness (QED) is 0.594. The van der Waals surface area contributed by atoms with Gasteiger partial charge in [-0.2, -0.15) is 0 Å². The van der Waals surface area contributed by atoms with Crippen LogP contribution in [0, 0.1) is 12.8 Å². The van der Waals surface area contributed by atoms with E-state index >= 15 is 0 Å². The number of hydrogen-bond acceptors (Lipinski definition) is 4. The number of thiazole rings is 1. The van der Waals surface area contributed by atoms with E-state index in [9.17, 15) is 0 Å². The average Bonchev–Trinajstić information content (AvgIpc) is 3.13. The van der Waals surface area contributed by atoms with Crippen molar-refractivity contribution in [3.63, 3.8) is 0 Å². The van der Waals surface area contributed by atoms with Crippen LogP contribution in [-0.2, 0) is 6.42 Å². The van der Waals surface area contributed by atoms with Crippen molar-refractivity contribution in [3.8, 4) is 0 Å². The number of guanidine groups is 1. The number of rotatable bonds is 7. The first-order valence-corrected chi connectivity index (χ1v) is 9.18. The van der Waals surface area contributed by atoms with E-state index in [4.69, 9.17) is 4.99 Å². The second-order valence-electron chi connectivity index (χ2n) is 5.81. The molecule has 0 radical (unpaired) electrons. The maximum absolute atomic E-state index is 4.75. The van der Waals surface area contributed by atoms with E-state index in [0.717, 1.165) is 38.6 Å². The van der Waals surface area contributed by atoms with E-state index in [1.165, 1.54) is 29.4 Å². The van der Waals surface area contributed by atoms with Gasteiger partial charge in [0.1, 0.15) is 0 Å². The molecule has 0 spiro atoms. The molecule has 1 unspecified atom stereocenters. The lowest BCUT2D eigenvalue weighted by Crippen LogP contribution is -2.38. The molecular formula is C16H29N5S. The van der Waals surface area contributed by atoms with Crippen molar-refractivity contribution < 1.29 is 0 Å². The summed E-state index contributed by atoms with van der Waals surface area (Å²) < 4.78 is 0. The standard InChI is InChI=1S/C16H29N5S/c1-4-17-16(18-8-6-15-19-10-13(3)22-15)20-11-14-7-9-21(5-2)12-14/h10,14H,4-9,11-12H2,1-3H3,(H2,17,18,20). The molecule has 0 amide bonds. The molecule has 124 valence electrons. The summed E-state index contributed by atoms with van der Waals surface area (Å²) >= 11 is 1.77. The molecule has 5 nitrogen and oxygen atoms in total. The molecule has 2 N–H and O–H groups in total. The topological polar surface area (TPSA) is 52.6 Å². The summed E-state index contributed by atoms with van der Waals surface area (Å²) in [6, 6.07) is 0. The summed E-state index contributed by atoms with van der Waals surface area (Å²) in [4.78, 5) is 12.9. The first-order chi connectivity index (χ1) is 10.7. The first-order valence-electron chi connectivity index (χ1n) is 8.37. The van der Waals surface area contributed by atoms with Gasteiger partial charge in [0.05, 0.1) is 5.01 Å². The van der Waals surface area contributed by atoms with Crippen molar-refractivity contribution in [1.29, 1.82) is 0 Å². The molecule has 1 atom stereocenters. The lowest BCUT2D eigenvalue weighted by molar-refractivity contribution is 0.343. The summed E-state index contributed by atoms with van der Waals surface area (Å²) in [6.07, 6.45) is 4.17. The van der Waals surface area contributed by atoms with Gasteiger partial charge in [0.2, 0.25) is 0 Å². The number of nitrogens with one attached hydrogen (secondary N) is 2. The molecule has 1 aliphatic rings. The fraction of sp³-hybridized carbons (Fsp3) is 0.750. The Morgan fingerprint density at radius 1 is 1.45 bits per heavy atom. The molecule has 0 aromatic carbocycles. The molecule has 1 aromatic rings. The number of nitrogens with zero attached hydrogens (tertiary/aromatic N) is 3. The van der Waals surface area contributed by atoms with Crippen LogP contribution in [0.4, 0.5) is 0 Å². The molecule has 2 heterocycles. The van der Waals surface area contributed by atoms with Crippen LogP contribution in [0.3, 0.4) is 0 Å². The van der Waals surface area contributed by atoms with Crippen LogP contribution in [0.5, 0.6) is 0 Å². The zero-order valence-corrected chi connectivity index (χ0v) is 14.9. The van der Waals surface area contributed by atoms with Crippen LogP contribution in [0.25, 0.3) is 0 Å². The van der Waals surface area contributed by atoms with Crippen molar-refractivity contribution in [1.82, 2.24) is 20.5 Å². The normalized spacial score (nSPS) is 19.6. The van der Waals surface area contributed by atoms with Crippen LogP contribution < -0.4 is 10.6 Å². The highest BCUT2D eigenvalue weighted by molar-refractivity contribution is 7.11. The third-order valence-electron chi connectivity index (χ3n) is 3.97. The van der Waals surface area contributed by atoms with Crippen molar-refractivity contribution in [3.05, 3.63) is 16.1 Å². The largest absolute Gasteiger partial charge is 0.357 e. The zero-order valence-electron chi connectivity index (χ0n) is 14.1. The summed E-state index contributed by atoms with van der Waals surface area (Å²) in [5, 5.41) is 7.94. The summed E-state index contributed by atoms with van der Waals surface area (Å²) in [5.74, 6) is 1.64. The minimum absolute atomic E-state index is 0.706. The van der Waals surface area contributed by atoms with Crippen molar-refractivity contribution in [2.24, 2.45) is 10.9 Å². The monoisotopic (exact) mass is 323 g/mol. The van der Waals surface area contributed by atoms with E-state index in [2.05, 4.69) is 41.3 Å². The van der Waals surface area contributed by atoms with Crippen LogP contribution in [0.15, 0.2) is 11.2 Å². The van der Waals surface area contributed by atoms with Gasteiger partial charge < -0.3 is 15.5 Å². The third-order valence-corrected chi connectivity index (χ3v) is 4.94. The van der Waals surface area contributed by atoms with Crippen molar-refractivity contribution in [2.75, 3.05) is 39.3 Å². The SMILES string of the molecule is CCNC(=NCC1CCN(CC)C1)NCCc1ncc(C)s1. The minimum atomic E-state index is 0.706. The second-order valence-corrected chi connectivity index (χ2v) is 7.13. The number of hydrogen-bond donors (Lipinski definition) is 2. The van der Waals surface area contributed by atoms with Gasteiger partial charge in [-0.15, -0.1) is 11.3 Å². The second kappa shape index (κ2) is 9.10. The minimum Gasteiger partial charge on any atom is -0.357 e. The zero-order chi connectivity index (χ0) is 15.8. The Balaban J connectivity index is 1.75. The van der Waals surface area contributed by atoms with Crippen LogP contribution in [0.2, 0.25) is 0 Å². The van der Waals surface area contributed by atoms with Crippen molar-refractivity contribution in [2.45, 2.75) is 33.6 Å². The molecule has 0 aliphatic carbocycles. The maximum Gasteiger partial charge on any atom is 0.191 e. The lowest BCUT2D eigenvalue weighted by atomic mass is 10.1. The van der Waals surface area contributed by atoms with E-state index < -0.39 is 0 Å². The van der Waals surface area contributed by atoms with E-state index in [1.807, 2.05) is 6.20 Å². The number of aliphatic imine (C=N–C) groups is 1. The summed E-state index contributed by atoms with van der Waals surface area (Å²) in [6.45, 7) is 12.7. The van der Waals surface area contributed by atoms with Gasteiger partial charge in [0.25, 0.3) is 0 Å². The van der Waals surface area contributed by atoms with Gasteiger partial charge in [0.15, 0.2) is 5.96 Å². The van der Waals surface area contributed by atoms with E-state index in [-0.39, 0.29) is 0 Å². The highest BCUT2D eigenvalue weighted by Crippen LogP contribution is 2.15. The molecule has 0 bridgehead atoms. The van der Waals surface area contributed by atoms with E-state index in [1.54, 1.807) is 11.3 Å². The molecule has 6 heteroatoms. The predicted molar refractivity (Wildman–Crippen MR) is 94.8 cm³/mol. The molecule has 1 fully saturated rings. The highest BCUT2D eigenvalue weighted by Gasteiger charge is 2.20. The Morgan fingerprint density at radius 3 is 2.95 bits per heavy atom. The fourth-order valence-corrected chi connectivity index (χ4v) is 3.50. The van der Waals surface area contributed by atoms with Gasteiger partial charge >= 0.3 is 0 Å². The van der Waals surface area contributed by atoms with Gasteiger partial charge in [0, 0.05) is 43.7 Å². The Morgan fingerprint density at radius 2 is 2.32 bits per heavy atom. The van der Waals surface area contributed by atoms with E-state index in [0.29, 0.717) is 5.92 Å². The molecule has 1 aliphatic heterocycles. The Labute approximate surface area is 138 Å². The molecule has 2 rings (SSSR count).